The molecule has 0 aliphatic heterocycles. The maximum Gasteiger partial charge on any atom is 0.407 e. The quantitative estimate of drug-likeness (QED) is 0.563. The fourth-order valence-corrected chi connectivity index (χ4v) is 5.06. The van der Waals surface area contributed by atoms with Gasteiger partial charge in [0.05, 0.1) is 17.9 Å². The Labute approximate surface area is 165 Å². The summed E-state index contributed by atoms with van der Waals surface area (Å²) >= 11 is 2.98. The SMILES string of the molecule is COc1cccc(Sc2sc(CN(C)C(=O)O)cc2-c2ccccc2F)c1. The van der Waals surface area contributed by atoms with Crippen molar-refractivity contribution in [1.82, 2.24) is 4.90 Å². The predicted molar refractivity (Wildman–Crippen MR) is 106 cm³/mol. The van der Waals surface area contributed by atoms with Gasteiger partial charge >= 0.3 is 6.09 Å². The van der Waals surface area contributed by atoms with Crippen molar-refractivity contribution in [2.75, 3.05) is 14.2 Å². The molecule has 1 amide bonds. The highest BCUT2D eigenvalue weighted by Crippen LogP contribution is 2.43. The molecule has 0 unspecified atom stereocenters. The number of halogens is 1. The van der Waals surface area contributed by atoms with Crippen molar-refractivity contribution in [2.45, 2.75) is 15.6 Å². The molecule has 0 aliphatic carbocycles. The molecular weight excluding hydrogens is 385 g/mol. The monoisotopic (exact) mass is 403 g/mol. The summed E-state index contributed by atoms with van der Waals surface area (Å²) in [5, 5.41) is 9.12. The number of rotatable bonds is 6. The Bertz CT molecular complexity index is 958. The maximum atomic E-state index is 14.4. The molecule has 0 saturated heterocycles. The first-order chi connectivity index (χ1) is 13.0. The summed E-state index contributed by atoms with van der Waals surface area (Å²) in [6.45, 7) is 0.250. The van der Waals surface area contributed by atoms with Gasteiger partial charge in [0.15, 0.2) is 0 Å². The molecule has 0 radical (unpaired) electrons. The molecule has 0 bridgehead atoms. The molecule has 2 aromatic carbocycles. The van der Waals surface area contributed by atoms with Crippen molar-refractivity contribution in [3.63, 3.8) is 0 Å². The molecule has 140 valence electrons. The van der Waals surface area contributed by atoms with E-state index in [1.807, 2.05) is 30.3 Å². The number of thiophene rings is 1. The molecule has 0 spiro atoms. The van der Waals surface area contributed by atoms with Gasteiger partial charge in [-0.25, -0.2) is 9.18 Å². The number of hydrogen-bond donors (Lipinski definition) is 1. The molecule has 7 heteroatoms. The van der Waals surface area contributed by atoms with E-state index in [0.29, 0.717) is 5.56 Å². The minimum absolute atomic E-state index is 0.250. The molecule has 27 heavy (non-hydrogen) atoms. The minimum Gasteiger partial charge on any atom is -0.497 e. The van der Waals surface area contributed by atoms with E-state index in [1.54, 1.807) is 25.3 Å². The largest absolute Gasteiger partial charge is 0.497 e. The topological polar surface area (TPSA) is 49.8 Å². The van der Waals surface area contributed by atoms with Gasteiger partial charge in [-0.1, -0.05) is 36.0 Å². The van der Waals surface area contributed by atoms with E-state index >= 15 is 0 Å². The highest BCUT2D eigenvalue weighted by Gasteiger charge is 2.17. The number of ether oxygens (including phenoxy) is 1. The second-order valence-corrected chi connectivity index (χ2v) is 8.29. The van der Waals surface area contributed by atoms with E-state index in [9.17, 15) is 9.18 Å². The van der Waals surface area contributed by atoms with Crippen LogP contribution in [0.3, 0.4) is 0 Å². The summed E-state index contributed by atoms with van der Waals surface area (Å²) in [4.78, 5) is 14.2. The van der Waals surface area contributed by atoms with Crippen LogP contribution >= 0.6 is 23.1 Å². The summed E-state index contributed by atoms with van der Waals surface area (Å²) < 4.78 is 20.6. The number of carbonyl (C=O) groups is 1. The van der Waals surface area contributed by atoms with Crippen LogP contribution in [0, 0.1) is 5.82 Å². The molecule has 3 rings (SSSR count). The fraction of sp³-hybridized carbons (Fsp3) is 0.150. The van der Waals surface area contributed by atoms with Crippen LogP contribution in [0.4, 0.5) is 9.18 Å². The lowest BCUT2D eigenvalue weighted by molar-refractivity contribution is 0.154. The summed E-state index contributed by atoms with van der Waals surface area (Å²) in [5.74, 6) is 0.441. The van der Waals surface area contributed by atoms with E-state index in [0.717, 1.165) is 25.3 Å². The van der Waals surface area contributed by atoms with Gasteiger partial charge in [-0.2, -0.15) is 0 Å². The third-order valence-electron chi connectivity index (χ3n) is 3.88. The van der Waals surface area contributed by atoms with Crippen LogP contribution in [0.15, 0.2) is 63.7 Å². The standard InChI is InChI=1S/C20H18FNO3S2/c1-22(20(23)24)12-15-11-17(16-8-3-4-9-18(16)21)19(27-15)26-14-7-5-6-13(10-14)25-2/h3-11H,12H2,1-2H3,(H,23,24). The van der Waals surface area contributed by atoms with Crippen molar-refractivity contribution in [3.05, 3.63) is 65.3 Å². The molecule has 0 aliphatic rings. The Morgan fingerprint density at radius 1 is 1.19 bits per heavy atom. The Morgan fingerprint density at radius 3 is 2.67 bits per heavy atom. The van der Waals surface area contributed by atoms with E-state index in [-0.39, 0.29) is 12.4 Å². The van der Waals surface area contributed by atoms with Crippen LogP contribution in [0.25, 0.3) is 11.1 Å². The molecule has 1 N–H and O–H groups in total. The van der Waals surface area contributed by atoms with Gasteiger partial charge in [-0.15, -0.1) is 11.3 Å². The Balaban J connectivity index is 2.00. The third kappa shape index (κ3) is 4.61. The zero-order valence-electron chi connectivity index (χ0n) is 14.8. The van der Waals surface area contributed by atoms with E-state index in [4.69, 9.17) is 9.84 Å². The highest BCUT2D eigenvalue weighted by molar-refractivity contribution is 8.01. The van der Waals surface area contributed by atoms with Crippen LogP contribution in [0.1, 0.15) is 4.88 Å². The smallest absolute Gasteiger partial charge is 0.407 e. The minimum atomic E-state index is -1.00. The van der Waals surface area contributed by atoms with Crippen LogP contribution < -0.4 is 4.74 Å². The third-order valence-corrected chi connectivity index (χ3v) is 6.19. The van der Waals surface area contributed by atoms with Crippen LogP contribution in [0.2, 0.25) is 0 Å². The van der Waals surface area contributed by atoms with Gasteiger partial charge in [0.1, 0.15) is 11.6 Å². The van der Waals surface area contributed by atoms with Gasteiger partial charge < -0.3 is 14.7 Å². The number of benzene rings is 2. The van der Waals surface area contributed by atoms with Crippen LogP contribution in [0.5, 0.6) is 5.75 Å². The van der Waals surface area contributed by atoms with Crippen molar-refractivity contribution >= 4 is 29.2 Å². The molecule has 0 saturated carbocycles. The van der Waals surface area contributed by atoms with Crippen molar-refractivity contribution in [1.29, 1.82) is 0 Å². The number of amides is 1. The Kier molecular flexibility index (Phi) is 6.03. The van der Waals surface area contributed by atoms with Crippen molar-refractivity contribution < 1.29 is 19.0 Å². The molecule has 3 aromatic rings. The van der Waals surface area contributed by atoms with Crippen LogP contribution in [-0.2, 0) is 6.54 Å². The second-order valence-electron chi connectivity index (χ2n) is 5.81. The summed E-state index contributed by atoms with van der Waals surface area (Å²) in [6, 6.07) is 16.1. The Morgan fingerprint density at radius 2 is 1.96 bits per heavy atom. The number of nitrogens with zero attached hydrogens (tertiary/aromatic N) is 1. The maximum absolute atomic E-state index is 14.4. The zero-order valence-corrected chi connectivity index (χ0v) is 16.4. The second kappa shape index (κ2) is 8.45. The lowest BCUT2D eigenvalue weighted by Gasteiger charge is -2.10. The number of carboxylic acid groups (broad SMARTS) is 1. The van der Waals surface area contributed by atoms with Gasteiger partial charge in [0.25, 0.3) is 0 Å². The van der Waals surface area contributed by atoms with Gasteiger partial charge in [-0.05, 0) is 30.3 Å². The number of hydrogen-bond acceptors (Lipinski definition) is 4. The van der Waals surface area contributed by atoms with Gasteiger partial charge in [-0.3, -0.25) is 0 Å². The zero-order chi connectivity index (χ0) is 19.4. The molecule has 1 heterocycles. The molecule has 1 aromatic heterocycles. The average molecular weight is 404 g/mol. The molecule has 4 nitrogen and oxygen atoms in total. The van der Waals surface area contributed by atoms with E-state index in [2.05, 4.69) is 0 Å². The lowest BCUT2D eigenvalue weighted by Crippen LogP contribution is -2.23. The predicted octanol–water partition coefficient (Wildman–Crippen LogP) is 5.82. The summed E-state index contributed by atoms with van der Waals surface area (Å²) in [6.07, 6.45) is -1.00. The first-order valence-corrected chi connectivity index (χ1v) is 9.75. The summed E-state index contributed by atoms with van der Waals surface area (Å²) in [7, 11) is 3.12. The fourth-order valence-electron chi connectivity index (χ4n) is 2.52. The van der Waals surface area contributed by atoms with E-state index < -0.39 is 6.09 Å². The van der Waals surface area contributed by atoms with Crippen LogP contribution in [-0.4, -0.2) is 30.3 Å². The highest BCUT2D eigenvalue weighted by atomic mass is 32.2. The van der Waals surface area contributed by atoms with E-state index in [1.165, 1.54) is 41.1 Å². The number of methoxy groups -OCH3 is 1. The Hall–Kier alpha value is -2.51. The first kappa shape index (κ1) is 19.3. The first-order valence-electron chi connectivity index (χ1n) is 8.11. The van der Waals surface area contributed by atoms with Crippen molar-refractivity contribution in [2.24, 2.45) is 0 Å². The molecule has 0 fully saturated rings. The summed E-state index contributed by atoms with van der Waals surface area (Å²) in [5.41, 5.74) is 1.27. The lowest BCUT2D eigenvalue weighted by atomic mass is 10.1. The van der Waals surface area contributed by atoms with Gasteiger partial charge in [0.2, 0.25) is 0 Å². The molecular formula is C20H18FNO3S2. The van der Waals surface area contributed by atoms with Crippen molar-refractivity contribution in [3.8, 4) is 16.9 Å². The average Bonchev–Trinajstić information content (AvgIpc) is 3.04. The molecule has 0 atom stereocenters. The normalized spacial score (nSPS) is 10.6. The van der Waals surface area contributed by atoms with Gasteiger partial charge in [0, 0.05) is 27.9 Å².